The lowest BCUT2D eigenvalue weighted by Crippen LogP contribution is -2.50. The van der Waals surface area contributed by atoms with Crippen LogP contribution >= 0.6 is 23.5 Å². The number of fused-ring (bicyclic) bond motifs is 1. The molecule has 0 aliphatic carbocycles. The molecule has 0 atom stereocenters. The molecule has 182 valence electrons. The predicted molar refractivity (Wildman–Crippen MR) is 143 cm³/mol. The highest BCUT2D eigenvalue weighted by Crippen LogP contribution is 2.29. The van der Waals surface area contributed by atoms with Crippen molar-refractivity contribution >= 4 is 52.0 Å². The second-order valence-electron chi connectivity index (χ2n) is 8.54. The molecule has 0 saturated carbocycles. The van der Waals surface area contributed by atoms with Gasteiger partial charge in [-0.15, -0.1) is 0 Å². The molecule has 3 heterocycles. The third-order valence-corrected chi connectivity index (χ3v) is 7.22. The molecule has 36 heavy (non-hydrogen) atoms. The van der Waals surface area contributed by atoms with E-state index in [0.29, 0.717) is 42.3 Å². The summed E-state index contributed by atoms with van der Waals surface area (Å²) in [6, 6.07) is 17.4. The summed E-state index contributed by atoms with van der Waals surface area (Å²) in [6.45, 7) is 3.86. The molecule has 0 spiro atoms. The van der Waals surface area contributed by atoms with Crippen LogP contribution in [0.5, 0.6) is 0 Å². The number of piperazine rings is 1. The van der Waals surface area contributed by atoms with Crippen molar-refractivity contribution in [2.45, 2.75) is 11.8 Å². The number of carbonyl (C=O) groups is 2. The van der Waals surface area contributed by atoms with Crippen molar-refractivity contribution in [1.29, 1.82) is 0 Å². The molecule has 4 aromatic rings. The number of rotatable bonds is 5. The van der Waals surface area contributed by atoms with Crippen LogP contribution in [-0.2, 0) is 0 Å². The van der Waals surface area contributed by atoms with Gasteiger partial charge in [-0.3, -0.25) is 19.6 Å². The molecule has 0 unspecified atom stereocenters. The molecular weight excluding hydrogens is 494 g/mol. The number of nitrogens with one attached hydrogen (secondary N) is 1. The van der Waals surface area contributed by atoms with E-state index in [1.54, 1.807) is 22.1 Å². The van der Waals surface area contributed by atoms with Gasteiger partial charge in [0, 0.05) is 61.4 Å². The van der Waals surface area contributed by atoms with E-state index in [0.717, 1.165) is 27.0 Å². The maximum Gasteiger partial charge on any atom is 0.255 e. The van der Waals surface area contributed by atoms with Crippen molar-refractivity contribution in [2.75, 3.05) is 30.9 Å². The van der Waals surface area contributed by atoms with Gasteiger partial charge in [0.1, 0.15) is 0 Å². The lowest BCUT2D eigenvalue weighted by atomic mass is 10.1. The number of amides is 2. The zero-order chi connectivity index (χ0) is 25.1. The number of para-hydroxylation sites is 1. The quantitative estimate of drug-likeness (QED) is 0.361. The van der Waals surface area contributed by atoms with Crippen LogP contribution in [0.4, 0.5) is 5.69 Å². The van der Waals surface area contributed by atoms with Crippen LogP contribution in [0.1, 0.15) is 26.3 Å². The minimum atomic E-state index is -0.123. The van der Waals surface area contributed by atoms with Crippen molar-refractivity contribution in [3.05, 3.63) is 94.9 Å². The van der Waals surface area contributed by atoms with E-state index in [2.05, 4.69) is 14.7 Å². The van der Waals surface area contributed by atoms with Crippen LogP contribution in [-0.4, -0.2) is 57.8 Å². The van der Waals surface area contributed by atoms with E-state index >= 15 is 0 Å². The van der Waals surface area contributed by atoms with Gasteiger partial charge in [-0.25, -0.2) is 0 Å². The van der Waals surface area contributed by atoms with Crippen molar-refractivity contribution in [3.8, 4) is 0 Å². The second-order valence-corrected chi connectivity index (χ2v) is 9.83. The molecule has 2 aromatic heterocycles. The Kier molecular flexibility index (Phi) is 7.06. The van der Waals surface area contributed by atoms with Gasteiger partial charge in [-0.2, -0.15) is 0 Å². The van der Waals surface area contributed by atoms with Crippen LogP contribution in [0.25, 0.3) is 10.9 Å². The van der Waals surface area contributed by atoms with Gasteiger partial charge in [-0.05, 0) is 60.8 Å². The molecule has 9 heteroatoms. The van der Waals surface area contributed by atoms with Gasteiger partial charge in [0.2, 0.25) is 0 Å². The van der Waals surface area contributed by atoms with E-state index in [9.17, 15) is 9.59 Å². The number of carbonyl (C=O) groups excluding carboxylic acids is 2. The summed E-state index contributed by atoms with van der Waals surface area (Å²) >= 11 is 7.47. The summed E-state index contributed by atoms with van der Waals surface area (Å²) in [5.74, 6) is -0.158. The Morgan fingerprint density at radius 3 is 2.36 bits per heavy atom. The van der Waals surface area contributed by atoms with Crippen molar-refractivity contribution in [3.63, 3.8) is 0 Å². The van der Waals surface area contributed by atoms with Crippen LogP contribution in [0.15, 0.2) is 78.1 Å². The fourth-order valence-electron chi connectivity index (χ4n) is 4.19. The van der Waals surface area contributed by atoms with E-state index in [1.165, 1.54) is 24.3 Å². The molecule has 5 rings (SSSR count). The number of anilines is 1. The molecule has 2 aromatic carbocycles. The lowest BCUT2D eigenvalue weighted by Gasteiger charge is -2.35. The fourth-order valence-corrected chi connectivity index (χ4v) is 5.22. The Bertz CT molecular complexity index is 1430. The first-order valence-electron chi connectivity index (χ1n) is 11.6. The van der Waals surface area contributed by atoms with Crippen LogP contribution in [0.2, 0.25) is 5.02 Å². The van der Waals surface area contributed by atoms with Gasteiger partial charge in [0.05, 0.1) is 21.0 Å². The van der Waals surface area contributed by atoms with Crippen molar-refractivity contribution in [1.82, 2.24) is 19.8 Å². The van der Waals surface area contributed by atoms with Gasteiger partial charge < -0.3 is 14.5 Å². The molecule has 7 nitrogen and oxygen atoms in total. The van der Waals surface area contributed by atoms with Crippen molar-refractivity contribution < 1.29 is 9.59 Å². The molecule has 2 amide bonds. The number of aromatic nitrogens is 2. The summed E-state index contributed by atoms with van der Waals surface area (Å²) in [5.41, 5.74) is 3.96. The molecular formula is C27H24ClN5O2S. The summed E-state index contributed by atoms with van der Waals surface area (Å²) in [4.78, 5) is 38.9. The summed E-state index contributed by atoms with van der Waals surface area (Å²) in [5, 5.41) is 1.52. The standard InChI is InChI=1S/C27H24ClN5O2S/c1-18-14-20(7-8-23(18)31-36-24-6-2-4-19-5-3-9-30-25(19)24)26(34)32-10-12-33(13-11-32)27(35)21-15-22(28)17-29-16-21/h2-9,14-17,31H,10-13H2,1H3. The summed E-state index contributed by atoms with van der Waals surface area (Å²) in [6.07, 6.45) is 4.80. The third kappa shape index (κ3) is 5.15. The smallest absolute Gasteiger partial charge is 0.255 e. The van der Waals surface area contributed by atoms with Crippen LogP contribution in [0.3, 0.4) is 0 Å². The molecule has 1 aliphatic heterocycles. The van der Waals surface area contributed by atoms with E-state index < -0.39 is 0 Å². The average molecular weight is 518 g/mol. The van der Waals surface area contributed by atoms with Gasteiger partial charge in [0.15, 0.2) is 0 Å². The number of pyridine rings is 2. The summed E-state index contributed by atoms with van der Waals surface area (Å²) in [7, 11) is 0. The molecule has 1 aliphatic rings. The Balaban J connectivity index is 1.20. The largest absolute Gasteiger partial charge is 0.335 e. The first-order valence-corrected chi connectivity index (χ1v) is 12.8. The van der Waals surface area contributed by atoms with Gasteiger partial charge in [0.25, 0.3) is 11.8 Å². The normalized spacial score (nSPS) is 13.6. The maximum atomic E-state index is 13.1. The Morgan fingerprint density at radius 1 is 0.917 bits per heavy atom. The highest BCUT2D eigenvalue weighted by molar-refractivity contribution is 8.00. The molecule has 1 saturated heterocycles. The highest BCUT2D eigenvalue weighted by Gasteiger charge is 2.26. The number of halogens is 1. The minimum Gasteiger partial charge on any atom is -0.335 e. The maximum absolute atomic E-state index is 13.1. The summed E-state index contributed by atoms with van der Waals surface area (Å²) < 4.78 is 3.40. The molecule has 1 fully saturated rings. The Morgan fingerprint density at radius 2 is 1.64 bits per heavy atom. The molecule has 0 radical (unpaired) electrons. The highest BCUT2D eigenvalue weighted by atomic mass is 35.5. The lowest BCUT2D eigenvalue weighted by molar-refractivity contribution is 0.0535. The molecule has 0 bridgehead atoms. The second kappa shape index (κ2) is 10.6. The zero-order valence-electron chi connectivity index (χ0n) is 19.6. The van der Waals surface area contributed by atoms with Crippen molar-refractivity contribution in [2.24, 2.45) is 0 Å². The Labute approximate surface area is 218 Å². The first-order chi connectivity index (χ1) is 17.5. The monoisotopic (exact) mass is 517 g/mol. The van der Waals surface area contributed by atoms with Gasteiger partial charge >= 0.3 is 0 Å². The number of hydrogen-bond donors (Lipinski definition) is 1. The number of benzene rings is 2. The predicted octanol–water partition coefficient (Wildman–Crippen LogP) is 5.31. The van der Waals surface area contributed by atoms with Crippen LogP contribution < -0.4 is 4.72 Å². The van der Waals surface area contributed by atoms with Gasteiger partial charge in [-0.1, -0.05) is 29.8 Å². The number of nitrogens with zero attached hydrogens (tertiary/aromatic N) is 4. The molecule has 1 N–H and O–H groups in total. The number of hydrogen-bond acceptors (Lipinski definition) is 6. The SMILES string of the molecule is Cc1cc(C(=O)N2CCN(C(=O)c3cncc(Cl)c3)CC2)ccc1NSc1cccc2cccnc12. The van der Waals surface area contributed by atoms with Crippen LogP contribution in [0, 0.1) is 6.92 Å². The van der Waals surface area contributed by atoms with E-state index in [4.69, 9.17) is 11.6 Å². The van der Waals surface area contributed by atoms with E-state index in [-0.39, 0.29) is 11.8 Å². The van der Waals surface area contributed by atoms with E-state index in [1.807, 2.05) is 55.5 Å². The minimum absolute atomic E-state index is 0.0351. The zero-order valence-corrected chi connectivity index (χ0v) is 21.2. The Hall–Kier alpha value is -3.62. The average Bonchev–Trinajstić information content (AvgIpc) is 2.91. The first kappa shape index (κ1) is 24.1. The fraction of sp³-hybridized carbons (Fsp3) is 0.185. The third-order valence-electron chi connectivity index (χ3n) is 6.15. The number of aryl methyl sites for hydroxylation is 1. The topological polar surface area (TPSA) is 78.4 Å².